The summed E-state index contributed by atoms with van der Waals surface area (Å²) in [4.78, 5) is 0. The van der Waals surface area contributed by atoms with Gasteiger partial charge in [-0.3, -0.25) is 0 Å². The summed E-state index contributed by atoms with van der Waals surface area (Å²) >= 11 is 0. The minimum absolute atomic E-state index is 0.218. The molecule has 0 aliphatic carbocycles. The van der Waals surface area contributed by atoms with E-state index in [4.69, 9.17) is 0 Å². The summed E-state index contributed by atoms with van der Waals surface area (Å²) < 4.78 is 2.30. The summed E-state index contributed by atoms with van der Waals surface area (Å²) in [6.45, 7) is 14.0. The third-order valence-electron chi connectivity index (χ3n) is 3.92. The standard InChI is InChI=1S/C17H31N/c1-8-9-10-12-17(5,6)14-11-13-18(7)15(14)16(2,3)4/h11,13H,8-10,12H2,1-7H3. The van der Waals surface area contributed by atoms with Crippen LogP contribution in [0.3, 0.4) is 0 Å². The van der Waals surface area contributed by atoms with Crippen molar-refractivity contribution in [1.29, 1.82) is 0 Å². The first-order valence-electron chi connectivity index (χ1n) is 7.36. The molecule has 0 aliphatic rings. The Morgan fingerprint density at radius 2 is 1.67 bits per heavy atom. The third-order valence-corrected chi connectivity index (χ3v) is 3.92. The number of hydrogen-bond acceptors (Lipinski definition) is 0. The Bertz CT molecular complexity index is 377. The maximum absolute atomic E-state index is 2.40. The van der Waals surface area contributed by atoms with Crippen LogP contribution in [0, 0.1) is 0 Å². The molecule has 18 heavy (non-hydrogen) atoms. The second-order valence-corrected chi connectivity index (χ2v) is 7.28. The van der Waals surface area contributed by atoms with Gasteiger partial charge in [-0.05, 0) is 23.5 Å². The van der Waals surface area contributed by atoms with Gasteiger partial charge in [-0.25, -0.2) is 0 Å². The lowest BCUT2D eigenvalue weighted by Gasteiger charge is -2.31. The summed E-state index contributed by atoms with van der Waals surface area (Å²) in [5.41, 5.74) is 3.53. The minimum Gasteiger partial charge on any atom is -0.354 e. The van der Waals surface area contributed by atoms with Crippen molar-refractivity contribution in [3.63, 3.8) is 0 Å². The van der Waals surface area contributed by atoms with Crippen LogP contribution in [0.15, 0.2) is 12.3 Å². The van der Waals surface area contributed by atoms with E-state index in [-0.39, 0.29) is 5.41 Å². The number of rotatable bonds is 5. The SMILES string of the molecule is CCCCCC(C)(C)c1ccn(C)c1C(C)(C)C. The molecule has 1 heteroatoms. The van der Waals surface area contributed by atoms with Gasteiger partial charge in [-0.2, -0.15) is 0 Å². The molecule has 0 saturated carbocycles. The van der Waals surface area contributed by atoms with E-state index >= 15 is 0 Å². The highest BCUT2D eigenvalue weighted by Gasteiger charge is 2.30. The largest absolute Gasteiger partial charge is 0.354 e. The van der Waals surface area contributed by atoms with Crippen LogP contribution in [-0.2, 0) is 17.9 Å². The summed E-state index contributed by atoms with van der Waals surface area (Å²) in [7, 11) is 2.17. The lowest BCUT2D eigenvalue weighted by Crippen LogP contribution is -2.25. The van der Waals surface area contributed by atoms with Crippen molar-refractivity contribution < 1.29 is 0 Å². The van der Waals surface area contributed by atoms with Crippen LogP contribution in [0.4, 0.5) is 0 Å². The van der Waals surface area contributed by atoms with E-state index in [1.54, 1.807) is 0 Å². The van der Waals surface area contributed by atoms with E-state index in [2.05, 4.69) is 65.4 Å². The summed E-state index contributed by atoms with van der Waals surface area (Å²) in [6.07, 6.45) is 7.49. The third kappa shape index (κ3) is 3.40. The van der Waals surface area contributed by atoms with E-state index in [1.165, 1.54) is 36.9 Å². The van der Waals surface area contributed by atoms with Crippen LogP contribution >= 0.6 is 0 Å². The van der Waals surface area contributed by atoms with Crippen LogP contribution in [0.5, 0.6) is 0 Å². The van der Waals surface area contributed by atoms with Gasteiger partial charge >= 0.3 is 0 Å². The Morgan fingerprint density at radius 3 is 2.17 bits per heavy atom. The Kier molecular flexibility index (Phi) is 4.69. The van der Waals surface area contributed by atoms with Gasteiger partial charge < -0.3 is 4.57 Å². The minimum atomic E-state index is 0.218. The molecule has 0 fully saturated rings. The average Bonchev–Trinajstić information content (AvgIpc) is 2.60. The molecular formula is C17H31N. The van der Waals surface area contributed by atoms with Crippen molar-refractivity contribution in [3.05, 3.63) is 23.5 Å². The van der Waals surface area contributed by atoms with Crippen LogP contribution in [0.1, 0.15) is 78.5 Å². The molecule has 0 saturated heterocycles. The van der Waals surface area contributed by atoms with Gasteiger partial charge in [0.25, 0.3) is 0 Å². The van der Waals surface area contributed by atoms with E-state index < -0.39 is 0 Å². The van der Waals surface area contributed by atoms with Crippen LogP contribution in [0.25, 0.3) is 0 Å². The smallest absolute Gasteiger partial charge is 0.0263 e. The molecule has 0 atom stereocenters. The van der Waals surface area contributed by atoms with Crippen molar-refractivity contribution >= 4 is 0 Å². The van der Waals surface area contributed by atoms with E-state index in [9.17, 15) is 0 Å². The van der Waals surface area contributed by atoms with Crippen LogP contribution in [-0.4, -0.2) is 4.57 Å². The summed E-state index contributed by atoms with van der Waals surface area (Å²) in [5, 5.41) is 0. The van der Waals surface area contributed by atoms with Crippen molar-refractivity contribution in [3.8, 4) is 0 Å². The van der Waals surface area contributed by atoms with Gasteiger partial charge in [0.05, 0.1) is 0 Å². The van der Waals surface area contributed by atoms with Gasteiger partial charge in [0.1, 0.15) is 0 Å². The predicted octanol–water partition coefficient (Wildman–Crippen LogP) is 5.18. The normalized spacial score (nSPS) is 13.1. The first-order valence-corrected chi connectivity index (χ1v) is 7.36. The van der Waals surface area contributed by atoms with Crippen molar-refractivity contribution in [2.24, 2.45) is 7.05 Å². The molecule has 1 heterocycles. The molecule has 0 amide bonds. The summed E-state index contributed by atoms with van der Waals surface area (Å²) in [5.74, 6) is 0. The zero-order chi connectivity index (χ0) is 14.0. The molecule has 0 radical (unpaired) electrons. The molecule has 1 aromatic heterocycles. The molecule has 104 valence electrons. The molecule has 0 N–H and O–H groups in total. The quantitative estimate of drug-likeness (QED) is 0.634. The van der Waals surface area contributed by atoms with Gasteiger partial charge in [0, 0.05) is 24.4 Å². The number of aryl methyl sites for hydroxylation is 1. The second-order valence-electron chi connectivity index (χ2n) is 7.28. The fourth-order valence-electron chi connectivity index (χ4n) is 2.96. The number of unbranched alkanes of at least 4 members (excludes halogenated alkanes) is 2. The zero-order valence-electron chi connectivity index (χ0n) is 13.4. The fraction of sp³-hybridized carbons (Fsp3) is 0.765. The number of nitrogens with zero attached hydrogens (tertiary/aromatic N) is 1. The van der Waals surface area contributed by atoms with E-state index in [1.807, 2.05) is 0 Å². The van der Waals surface area contributed by atoms with Gasteiger partial charge in [-0.15, -0.1) is 0 Å². The highest BCUT2D eigenvalue weighted by Crippen LogP contribution is 2.37. The van der Waals surface area contributed by atoms with E-state index in [0.29, 0.717) is 5.41 Å². The second kappa shape index (κ2) is 5.50. The monoisotopic (exact) mass is 249 g/mol. The molecule has 0 spiro atoms. The number of aromatic nitrogens is 1. The molecular weight excluding hydrogens is 218 g/mol. The van der Waals surface area contributed by atoms with E-state index in [0.717, 1.165) is 0 Å². The topological polar surface area (TPSA) is 4.93 Å². The highest BCUT2D eigenvalue weighted by atomic mass is 14.9. The zero-order valence-corrected chi connectivity index (χ0v) is 13.4. The lowest BCUT2D eigenvalue weighted by molar-refractivity contribution is 0.429. The maximum atomic E-state index is 2.40. The van der Waals surface area contributed by atoms with Crippen molar-refractivity contribution in [1.82, 2.24) is 4.57 Å². The van der Waals surface area contributed by atoms with Crippen LogP contribution < -0.4 is 0 Å². The first kappa shape index (κ1) is 15.3. The van der Waals surface area contributed by atoms with Crippen LogP contribution in [0.2, 0.25) is 0 Å². The first-order chi connectivity index (χ1) is 8.20. The predicted molar refractivity (Wildman–Crippen MR) is 81.3 cm³/mol. The molecule has 0 bridgehead atoms. The van der Waals surface area contributed by atoms with Gasteiger partial charge in [0.15, 0.2) is 0 Å². The molecule has 0 unspecified atom stereocenters. The Balaban J connectivity index is 3.02. The Morgan fingerprint density at radius 1 is 1.06 bits per heavy atom. The molecule has 0 aliphatic heterocycles. The van der Waals surface area contributed by atoms with Gasteiger partial charge in [-0.1, -0.05) is 60.8 Å². The number of hydrogen-bond donors (Lipinski definition) is 0. The summed E-state index contributed by atoms with van der Waals surface area (Å²) in [6, 6.07) is 2.33. The van der Waals surface area contributed by atoms with Crippen molar-refractivity contribution in [2.45, 2.75) is 78.1 Å². The highest BCUT2D eigenvalue weighted by molar-refractivity contribution is 5.34. The Hall–Kier alpha value is -0.720. The average molecular weight is 249 g/mol. The molecule has 0 aromatic carbocycles. The molecule has 1 nitrogen and oxygen atoms in total. The fourth-order valence-corrected chi connectivity index (χ4v) is 2.96. The van der Waals surface area contributed by atoms with Crippen molar-refractivity contribution in [2.75, 3.05) is 0 Å². The Labute approximate surface area is 114 Å². The lowest BCUT2D eigenvalue weighted by atomic mass is 9.75. The maximum Gasteiger partial charge on any atom is 0.0263 e. The van der Waals surface area contributed by atoms with Gasteiger partial charge in [0.2, 0.25) is 0 Å². The molecule has 1 rings (SSSR count). The molecule has 1 aromatic rings.